The average molecular weight is 383 g/mol. The molecule has 1 atom stereocenters. The standard InChI is InChI=1S/C19H17ClF2O4/c1-2-3-19-24-11-16(26-19)10-23-18-5-4-14(9-17(18)20)25-15-7-12(21)6-13(22)8-15/h4-9,11,19H,2-3,10H2,1H3. The fraction of sp³-hybridized carbons (Fsp3) is 0.263. The Morgan fingerprint density at radius 1 is 1.08 bits per heavy atom. The Kier molecular flexibility index (Phi) is 5.83. The molecule has 0 radical (unpaired) electrons. The van der Waals surface area contributed by atoms with Crippen molar-refractivity contribution in [2.75, 3.05) is 6.61 Å². The second-order valence-corrected chi connectivity index (χ2v) is 6.05. The summed E-state index contributed by atoms with van der Waals surface area (Å²) in [7, 11) is 0. The molecule has 0 spiro atoms. The molecule has 0 aliphatic carbocycles. The molecule has 0 saturated carbocycles. The maximum Gasteiger partial charge on any atom is 0.240 e. The van der Waals surface area contributed by atoms with E-state index in [9.17, 15) is 8.78 Å². The molecular weight excluding hydrogens is 366 g/mol. The molecule has 3 rings (SSSR count). The van der Waals surface area contributed by atoms with E-state index in [2.05, 4.69) is 0 Å². The lowest BCUT2D eigenvalue weighted by molar-refractivity contribution is -0.0413. The second-order valence-electron chi connectivity index (χ2n) is 5.64. The molecule has 4 nitrogen and oxygen atoms in total. The van der Waals surface area contributed by atoms with Crippen molar-refractivity contribution < 1.29 is 27.7 Å². The van der Waals surface area contributed by atoms with Crippen molar-refractivity contribution in [2.24, 2.45) is 0 Å². The zero-order chi connectivity index (χ0) is 18.5. The van der Waals surface area contributed by atoms with E-state index in [-0.39, 0.29) is 18.6 Å². The minimum absolute atomic E-state index is 0.0378. The lowest BCUT2D eigenvalue weighted by atomic mass is 10.3. The number of halogens is 3. The minimum atomic E-state index is -0.723. The van der Waals surface area contributed by atoms with Crippen LogP contribution < -0.4 is 9.47 Å². The summed E-state index contributed by atoms with van der Waals surface area (Å²) in [6, 6.07) is 7.62. The van der Waals surface area contributed by atoms with Crippen molar-refractivity contribution in [3.05, 3.63) is 65.1 Å². The molecule has 1 heterocycles. The molecule has 1 aliphatic heterocycles. The van der Waals surface area contributed by atoms with E-state index in [1.54, 1.807) is 12.1 Å². The van der Waals surface area contributed by atoms with Gasteiger partial charge in [-0.05, 0) is 18.6 Å². The first-order valence-electron chi connectivity index (χ1n) is 8.11. The smallest absolute Gasteiger partial charge is 0.240 e. The Bertz CT molecular complexity index is 790. The number of hydrogen-bond donors (Lipinski definition) is 0. The predicted octanol–water partition coefficient (Wildman–Crippen LogP) is 5.80. The van der Waals surface area contributed by atoms with Crippen molar-refractivity contribution in [2.45, 2.75) is 26.1 Å². The van der Waals surface area contributed by atoms with Crippen LogP contribution in [-0.2, 0) is 9.47 Å². The highest BCUT2D eigenvalue weighted by molar-refractivity contribution is 6.32. The highest BCUT2D eigenvalue weighted by atomic mass is 35.5. The Balaban J connectivity index is 1.59. The fourth-order valence-corrected chi connectivity index (χ4v) is 2.57. The normalized spacial score (nSPS) is 15.8. The molecule has 0 N–H and O–H groups in total. The van der Waals surface area contributed by atoms with Crippen LogP contribution in [0, 0.1) is 11.6 Å². The maximum atomic E-state index is 13.2. The zero-order valence-corrected chi connectivity index (χ0v) is 14.8. The molecule has 2 aromatic carbocycles. The van der Waals surface area contributed by atoms with Crippen LogP contribution in [0.2, 0.25) is 5.02 Å². The van der Waals surface area contributed by atoms with Gasteiger partial charge in [-0.2, -0.15) is 0 Å². The van der Waals surface area contributed by atoms with Crippen LogP contribution in [0.4, 0.5) is 8.78 Å². The van der Waals surface area contributed by atoms with Gasteiger partial charge >= 0.3 is 0 Å². The summed E-state index contributed by atoms with van der Waals surface area (Å²) in [6.45, 7) is 2.22. The SMILES string of the molecule is CCCC1OC=C(COc2ccc(Oc3cc(F)cc(F)c3)cc2Cl)O1. The van der Waals surface area contributed by atoms with Gasteiger partial charge in [0.05, 0.1) is 5.02 Å². The summed E-state index contributed by atoms with van der Waals surface area (Å²) < 4.78 is 48.4. The zero-order valence-electron chi connectivity index (χ0n) is 14.0. The molecule has 7 heteroatoms. The van der Waals surface area contributed by atoms with Crippen LogP contribution in [0.3, 0.4) is 0 Å². The monoisotopic (exact) mass is 382 g/mol. The summed E-state index contributed by atoms with van der Waals surface area (Å²) in [4.78, 5) is 0. The van der Waals surface area contributed by atoms with Gasteiger partial charge in [0.25, 0.3) is 0 Å². The molecule has 0 fully saturated rings. The van der Waals surface area contributed by atoms with Crippen molar-refractivity contribution in [1.29, 1.82) is 0 Å². The largest absolute Gasteiger partial charge is 0.484 e. The maximum absolute atomic E-state index is 13.2. The molecule has 0 saturated heterocycles. The van der Waals surface area contributed by atoms with Crippen LogP contribution >= 0.6 is 11.6 Å². The first-order valence-corrected chi connectivity index (χ1v) is 8.48. The number of ether oxygens (including phenoxy) is 4. The summed E-state index contributed by atoms with van der Waals surface area (Å²) in [5, 5.41) is 0.295. The second kappa shape index (κ2) is 8.27. The third kappa shape index (κ3) is 4.79. The molecule has 1 aliphatic rings. The number of hydrogen-bond acceptors (Lipinski definition) is 4. The molecule has 26 heavy (non-hydrogen) atoms. The predicted molar refractivity (Wildman–Crippen MR) is 92.3 cm³/mol. The van der Waals surface area contributed by atoms with Crippen molar-refractivity contribution >= 4 is 11.6 Å². The first-order chi connectivity index (χ1) is 12.5. The molecular formula is C19H17ClF2O4. The van der Waals surface area contributed by atoms with Gasteiger partial charge in [0.15, 0.2) is 5.76 Å². The molecule has 0 bridgehead atoms. The van der Waals surface area contributed by atoms with Gasteiger partial charge in [0.2, 0.25) is 6.29 Å². The topological polar surface area (TPSA) is 36.9 Å². The highest BCUT2D eigenvalue weighted by Gasteiger charge is 2.19. The van der Waals surface area contributed by atoms with Gasteiger partial charge in [-0.15, -0.1) is 0 Å². The third-order valence-electron chi connectivity index (χ3n) is 3.50. The van der Waals surface area contributed by atoms with E-state index in [1.807, 2.05) is 6.92 Å². The number of rotatable bonds is 7. The van der Waals surface area contributed by atoms with Crippen molar-refractivity contribution in [3.63, 3.8) is 0 Å². The van der Waals surface area contributed by atoms with E-state index < -0.39 is 11.6 Å². The van der Waals surface area contributed by atoms with E-state index in [0.29, 0.717) is 22.3 Å². The Morgan fingerprint density at radius 3 is 2.54 bits per heavy atom. The third-order valence-corrected chi connectivity index (χ3v) is 3.80. The molecule has 0 aromatic heterocycles. The van der Waals surface area contributed by atoms with Crippen LogP contribution in [0.1, 0.15) is 19.8 Å². The van der Waals surface area contributed by atoms with Crippen LogP contribution in [-0.4, -0.2) is 12.9 Å². The molecule has 138 valence electrons. The Morgan fingerprint density at radius 2 is 1.85 bits per heavy atom. The van der Waals surface area contributed by atoms with E-state index in [4.69, 9.17) is 30.5 Å². The van der Waals surface area contributed by atoms with Gasteiger partial charge in [0.1, 0.15) is 41.8 Å². The highest BCUT2D eigenvalue weighted by Crippen LogP contribution is 2.32. The quantitative estimate of drug-likeness (QED) is 0.606. The lowest BCUT2D eigenvalue weighted by Crippen LogP contribution is -2.10. The van der Waals surface area contributed by atoms with Gasteiger partial charge < -0.3 is 18.9 Å². The number of benzene rings is 2. The molecule has 1 unspecified atom stereocenters. The van der Waals surface area contributed by atoms with Crippen molar-refractivity contribution in [1.82, 2.24) is 0 Å². The minimum Gasteiger partial charge on any atom is -0.484 e. The lowest BCUT2D eigenvalue weighted by Gasteiger charge is -2.12. The average Bonchev–Trinajstić information content (AvgIpc) is 3.01. The van der Waals surface area contributed by atoms with Crippen LogP contribution in [0.25, 0.3) is 0 Å². The van der Waals surface area contributed by atoms with Gasteiger partial charge in [-0.25, -0.2) is 8.78 Å². The Labute approximate surface area is 154 Å². The summed E-state index contributed by atoms with van der Waals surface area (Å²) in [5.74, 6) is -0.0761. The van der Waals surface area contributed by atoms with E-state index >= 15 is 0 Å². The molecule has 0 amide bonds. The van der Waals surface area contributed by atoms with Crippen molar-refractivity contribution in [3.8, 4) is 17.2 Å². The fourth-order valence-electron chi connectivity index (χ4n) is 2.34. The summed E-state index contributed by atoms with van der Waals surface area (Å²) >= 11 is 6.18. The summed E-state index contributed by atoms with van der Waals surface area (Å²) in [6.07, 6.45) is 3.02. The van der Waals surface area contributed by atoms with Crippen LogP contribution in [0.5, 0.6) is 17.2 Å². The van der Waals surface area contributed by atoms with E-state index in [1.165, 1.54) is 12.3 Å². The van der Waals surface area contributed by atoms with Gasteiger partial charge in [-0.1, -0.05) is 18.5 Å². The Hall–Kier alpha value is -2.47. The first kappa shape index (κ1) is 18.3. The van der Waals surface area contributed by atoms with Crippen LogP contribution in [0.15, 0.2) is 48.4 Å². The van der Waals surface area contributed by atoms with Gasteiger partial charge in [0, 0.05) is 30.7 Å². The molecule has 2 aromatic rings. The van der Waals surface area contributed by atoms with Gasteiger partial charge in [-0.3, -0.25) is 0 Å². The van der Waals surface area contributed by atoms with E-state index in [0.717, 1.165) is 31.0 Å². The summed E-state index contributed by atoms with van der Waals surface area (Å²) in [5.41, 5.74) is 0.